The summed E-state index contributed by atoms with van der Waals surface area (Å²) in [6.45, 7) is 4.36. The first-order chi connectivity index (χ1) is 9.12. The number of aliphatic hydroxyl groups is 1. The number of nitrogens with zero attached hydrogens (tertiary/aromatic N) is 1. The van der Waals surface area contributed by atoms with Gasteiger partial charge in [0, 0.05) is 13.1 Å². The first-order valence-electron chi connectivity index (χ1n) is 6.92. The highest BCUT2D eigenvalue weighted by Gasteiger charge is 2.44. The Balaban J connectivity index is 0.00000400. The summed E-state index contributed by atoms with van der Waals surface area (Å²) in [6.07, 6.45) is -6.03. The molecule has 0 aromatic rings. The SMILES string of the molecule is CC(C)C[C@H](N)C(=O)N1CCC(C(O)C(F)(F)F)CC1.Cl. The van der Waals surface area contributed by atoms with Gasteiger partial charge in [0.25, 0.3) is 0 Å². The average molecular weight is 333 g/mol. The van der Waals surface area contributed by atoms with E-state index in [-0.39, 0.29) is 44.2 Å². The summed E-state index contributed by atoms with van der Waals surface area (Å²) in [5, 5.41) is 9.21. The number of carbonyl (C=O) groups excluding carboxylic acids is 1. The molecule has 4 nitrogen and oxygen atoms in total. The molecule has 1 saturated heterocycles. The lowest BCUT2D eigenvalue weighted by Crippen LogP contribution is -2.50. The zero-order valence-electron chi connectivity index (χ0n) is 12.3. The molecule has 2 atom stereocenters. The fourth-order valence-electron chi connectivity index (χ4n) is 2.55. The summed E-state index contributed by atoms with van der Waals surface area (Å²) in [5.74, 6) is -0.752. The highest BCUT2D eigenvalue weighted by Crippen LogP contribution is 2.31. The number of aliphatic hydroxyl groups excluding tert-OH is 1. The van der Waals surface area contributed by atoms with E-state index in [9.17, 15) is 23.1 Å². The Morgan fingerprint density at radius 2 is 1.81 bits per heavy atom. The second-order valence-electron chi connectivity index (χ2n) is 5.89. The van der Waals surface area contributed by atoms with Gasteiger partial charge in [0.05, 0.1) is 6.04 Å². The standard InChI is InChI=1S/C13H23F3N2O2.ClH/c1-8(2)7-10(17)12(20)18-5-3-9(4-6-18)11(19)13(14,15)16;/h8-11,19H,3-7,17H2,1-2H3;1H/t10-,11?;/m0./s1. The van der Waals surface area contributed by atoms with Crippen molar-refractivity contribution in [3.8, 4) is 0 Å². The molecular formula is C13H24ClF3N2O2. The number of hydrogen-bond donors (Lipinski definition) is 2. The largest absolute Gasteiger partial charge is 0.414 e. The van der Waals surface area contributed by atoms with Crippen LogP contribution < -0.4 is 5.73 Å². The summed E-state index contributed by atoms with van der Waals surface area (Å²) in [5.41, 5.74) is 5.79. The van der Waals surface area contributed by atoms with Crippen LogP contribution >= 0.6 is 12.4 Å². The second-order valence-corrected chi connectivity index (χ2v) is 5.89. The number of halogens is 4. The number of carbonyl (C=O) groups is 1. The van der Waals surface area contributed by atoms with Crippen LogP contribution in [0.25, 0.3) is 0 Å². The van der Waals surface area contributed by atoms with Gasteiger partial charge in [0.1, 0.15) is 0 Å². The Morgan fingerprint density at radius 3 is 2.19 bits per heavy atom. The first kappa shape index (κ1) is 20.5. The molecule has 21 heavy (non-hydrogen) atoms. The maximum absolute atomic E-state index is 12.4. The van der Waals surface area contributed by atoms with E-state index >= 15 is 0 Å². The van der Waals surface area contributed by atoms with E-state index in [1.165, 1.54) is 4.90 Å². The highest BCUT2D eigenvalue weighted by atomic mass is 35.5. The van der Waals surface area contributed by atoms with Crippen LogP contribution in [0.15, 0.2) is 0 Å². The van der Waals surface area contributed by atoms with E-state index in [1.807, 2.05) is 13.8 Å². The maximum Gasteiger partial charge on any atom is 0.414 e. The number of alkyl halides is 3. The van der Waals surface area contributed by atoms with Crippen molar-refractivity contribution in [2.75, 3.05) is 13.1 Å². The van der Waals surface area contributed by atoms with Gasteiger partial charge < -0.3 is 15.7 Å². The zero-order chi connectivity index (χ0) is 15.5. The molecular weight excluding hydrogens is 309 g/mol. The summed E-state index contributed by atoms with van der Waals surface area (Å²) in [4.78, 5) is 13.5. The van der Waals surface area contributed by atoms with E-state index in [2.05, 4.69) is 0 Å². The lowest BCUT2D eigenvalue weighted by molar-refractivity contribution is -0.223. The molecule has 126 valence electrons. The number of rotatable bonds is 4. The van der Waals surface area contributed by atoms with Gasteiger partial charge in [-0.1, -0.05) is 13.8 Å². The zero-order valence-corrected chi connectivity index (χ0v) is 13.1. The van der Waals surface area contributed by atoms with Crippen molar-refractivity contribution in [1.29, 1.82) is 0 Å². The Bertz CT molecular complexity index is 332. The van der Waals surface area contributed by atoms with Gasteiger partial charge in [-0.05, 0) is 31.1 Å². The maximum atomic E-state index is 12.4. The molecule has 3 N–H and O–H groups in total. The molecule has 0 aromatic carbocycles. The Morgan fingerprint density at radius 1 is 1.33 bits per heavy atom. The minimum absolute atomic E-state index is 0. The number of hydrogen-bond acceptors (Lipinski definition) is 3. The minimum atomic E-state index is -4.59. The fourth-order valence-corrected chi connectivity index (χ4v) is 2.55. The summed E-state index contributed by atoms with van der Waals surface area (Å²) < 4.78 is 37.2. The van der Waals surface area contributed by atoms with Crippen LogP contribution in [0.5, 0.6) is 0 Å². The van der Waals surface area contributed by atoms with Gasteiger partial charge in [-0.25, -0.2) is 0 Å². The summed E-state index contributed by atoms with van der Waals surface area (Å²) in [7, 11) is 0. The molecule has 0 radical (unpaired) electrons. The minimum Gasteiger partial charge on any atom is -0.383 e. The van der Waals surface area contributed by atoms with E-state index in [1.54, 1.807) is 0 Å². The third-order valence-corrected chi connectivity index (χ3v) is 3.68. The predicted molar refractivity (Wildman–Crippen MR) is 76.0 cm³/mol. The van der Waals surface area contributed by atoms with Gasteiger partial charge in [0.2, 0.25) is 5.91 Å². The third kappa shape index (κ3) is 6.00. The molecule has 1 rings (SSSR count). The van der Waals surface area contributed by atoms with E-state index in [0.717, 1.165) is 0 Å². The molecule has 0 bridgehead atoms. The van der Waals surface area contributed by atoms with E-state index in [4.69, 9.17) is 5.73 Å². The predicted octanol–water partition coefficient (Wildman–Crippen LogP) is 1.94. The van der Waals surface area contributed by atoms with Gasteiger partial charge in [-0.2, -0.15) is 13.2 Å². The molecule has 1 fully saturated rings. The van der Waals surface area contributed by atoms with Crippen LogP contribution in [0.3, 0.4) is 0 Å². The van der Waals surface area contributed by atoms with Crippen LogP contribution in [-0.4, -0.2) is 47.3 Å². The third-order valence-electron chi connectivity index (χ3n) is 3.68. The molecule has 0 spiro atoms. The van der Waals surface area contributed by atoms with Gasteiger partial charge in [0.15, 0.2) is 6.10 Å². The number of piperidine rings is 1. The highest BCUT2D eigenvalue weighted by molar-refractivity contribution is 5.85. The lowest BCUT2D eigenvalue weighted by atomic mass is 9.90. The van der Waals surface area contributed by atoms with E-state index in [0.29, 0.717) is 12.3 Å². The van der Waals surface area contributed by atoms with Crippen molar-refractivity contribution < 1.29 is 23.1 Å². The molecule has 1 aliphatic rings. The number of amides is 1. The van der Waals surface area contributed by atoms with Crippen LogP contribution in [0.4, 0.5) is 13.2 Å². The quantitative estimate of drug-likeness (QED) is 0.827. The van der Waals surface area contributed by atoms with Crippen molar-refractivity contribution in [2.45, 2.75) is 51.4 Å². The van der Waals surface area contributed by atoms with Crippen LogP contribution in [0.1, 0.15) is 33.1 Å². The monoisotopic (exact) mass is 332 g/mol. The summed E-state index contributed by atoms with van der Waals surface area (Å²) in [6, 6.07) is -0.598. The molecule has 1 amide bonds. The number of nitrogens with two attached hydrogens (primary N) is 1. The molecule has 1 aliphatic heterocycles. The van der Waals surface area contributed by atoms with E-state index < -0.39 is 24.2 Å². The van der Waals surface area contributed by atoms with Crippen molar-refractivity contribution in [3.63, 3.8) is 0 Å². The molecule has 0 saturated carbocycles. The van der Waals surface area contributed by atoms with Gasteiger partial charge in [-0.15, -0.1) is 12.4 Å². The molecule has 1 unspecified atom stereocenters. The topological polar surface area (TPSA) is 66.6 Å². The molecule has 1 heterocycles. The lowest BCUT2D eigenvalue weighted by Gasteiger charge is -2.36. The number of likely N-dealkylation sites (tertiary alicyclic amines) is 1. The Labute approximate surface area is 129 Å². The van der Waals surface area contributed by atoms with Crippen molar-refractivity contribution >= 4 is 18.3 Å². The van der Waals surface area contributed by atoms with Crippen molar-refractivity contribution in [2.24, 2.45) is 17.6 Å². The van der Waals surface area contributed by atoms with Gasteiger partial charge >= 0.3 is 6.18 Å². The Kier molecular flexibility index (Phi) is 7.99. The fraction of sp³-hybridized carbons (Fsp3) is 0.923. The second kappa shape index (κ2) is 8.19. The first-order valence-corrected chi connectivity index (χ1v) is 6.92. The molecule has 8 heteroatoms. The van der Waals surface area contributed by atoms with Crippen LogP contribution in [0, 0.1) is 11.8 Å². The van der Waals surface area contributed by atoms with Gasteiger partial charge in [-0.3, -0.25) is 4.79 Å². The van der Waals surface area contributed by atoms with Crippen LogP contribution in [-0.2, 0) is 4.79 Å². The smallest absolute Gasteiger partial charge is 0.383 e. The average Bonchev–Trinajstić information content (AvgIpc) is 2.35. The molecule has 0 aliphatic carbocycles. The van der Waals surface area contributed by atoms with Crippen molar-refractivity contribution in [1.82, 2.24) is 4.90 Å². The Hall–Kier alpha value is -0.530. The molecule has 0 aromatic heterocycles. The normalized spacial score (nSPS) is 20.1. The van der Waals surface area contributed by atoms with Crippen molar-refractivity contribution in [3.05, 3.63) is 0 Å². The summed E-state index contributed by atoms with van der Waals surface area (Å²) >= 11 is 0. The van der Waals surface area contributed by atoms with Crippen LogP contribution in [0.2, 0.25) is 0 Å².